The number of benzene rings is 6. The monoisotopic (exact) mass is 721 g/mol. The van der Waals surface area contributed by atoms with E-state index in [2.05, 4.69) is 146 Å². The molecule has 0 aliphatic heterocycles. The molecule has 0 bridgehead atoms. The van der Waals surface area contributed by atoms with E-state index in [1.54, 1.807) is 0 Å². The van der Waals surface area contributed by atoms with E-state index in [1.807, 2.05) is 76.2 Å². The minimum atomic E-state index is 0. The van der Waals surface area contributed by atoms with Crippen molar-refractivity contribution < 1.29 is 32.7 Å². The van der Waals surface area contributed by atoms with Crippen LogP contribution in [0.2, 0.25) is 0 Å². The van der Waals surface area contributed by atoms with E-state index in [0.29, 0.717) is 0 Å². The molecule has 0 saturated carbocycles. The first-order valence-corrected chi connectivity index (χ1v) is 17.5. The van der Waals surface area contributed by atoms with Crippen molar-refractivity contribution in [3.63, 3.8) is 0 Å². The van der Waals surface area contributed by atoms with E-state index in [1.165, 1.54) is 50.0 Å². The van der Waals surface area contributed by atoms with E-state index < -0.39 is 0 Å². The Balaban J connectivity index is 0.000000232. The van der Waals surface area contributed by atoms with Gasteiger partial charge in [-0.15, -0.1) is 12.1 Å². The molecule has 0 atom stereocenters. The molecule has 251 valence electrons. The Morgan fingerprint density at radius 1 is 0.429 bits per heavy atom. The Hall–Kier alpha value is -3.98. The summed E-state index contributed by atoms with van der Waals surface area (Å²) in [6, 6.07) is 56.4. The van der Waals surface area contributed by atoms with Crippen molar-refractivity contribution in [2.75, 3.05) is 0 Å². The van der Waals surface area contributed by atoms with Crippen molar-refractivity contribution in [2.24, 2.45) is 7.05 Å². The number of hydrogen-bond donors (Lipinski definition) is 0. The summed E-state index contributed by atoms with van der Waals surface area (Å²) in [7, 11) is 2.12. The summed E-state index contributed by atoms with van der Waals surface area (Å²) in [6.07, 6.45) is 1.25. The quantitative estimate of drug-likeness (QED) is 0.157. The molecule has 0 saturated heterocycles. The van der Waals surface area contributed by atoms with Crippen LogP contribution in [0.25, 0.3) is 54.7 Å². The maximum Gasteiger partial charge on any atom is 0.0491 e. The predicted molar refractivity (Wildman–Crippen MR) is 214 cm³/mol. The van der Waals surface area contributed by atoms with Crippen molar-refractivity contribution in [1.82, 2.24) is 9.13 Å². The third kappa shape index (κ3) is 10.5. The maximum atomic E-state index is 3.15. The molecule has 0 unspecified atom stereocenters. The smallest absolute Gasteiger partial charge is 0.0491 e. The number of aryl methyl sites for hydroxylation is 2. The van der Waals surface area contributed by atoms with Gasteiger partial charge in [-0.05, 0) is 31.2 Å². The standard InChI is InChI=1S/C14H13N.C13H11N.C12H8.C3H8.2C2H6.Y/c1-2-15-13-9-5-3-7-11(13)12-8-4-6-10-14(12)15;1-14-12-8-4-2-6-10(12)11-7-3-5-9-13(11)14;1-3-7-11(8-4-1)12-9-5-2-6-10-12;1-3-2;2*1-2;/h3-10H,2H2,1H3;2-9H,1H3;1-7,9H;3H2,1-2H3;2*1-2H3;/q;;-2;;;;. The van der Waals surface area contributed by atoms with Gasteiger partial charge < -0.3 is 9.13 Å². The zero-order valence-electron chi connectivity index (χ0n) is 30.7. The first kappa shape index (κ1) is 41.2. The second-order valence-corrected chi connectivity index (χ2v) is 10.6. The Labute approximate surface area is 320 Å². The van der Waals surface area contributed by atoms with Crippen molar-refractivity contribution in [3.05, 3.63) is 158 Å². The molecule has 6 aromatic carbocycles. The summed E-state index contributed by atoms with van der Waals surface area (Å²) < 4.78 is 4.61. The molecule has 1 radical (unpaired) electrons. The third-order valence-electron chi connectivity index (χ3n) is 7.53. The molecule has 0 aliphatic rings. The fraction of sp³-hybridized carbons (Fsp3) is 0.217. The van der Waals surface area contributed by atoms with E-state index in [-0.39, 0.29) is 32.7 Å². The molecular formula is C46H52N2Y-2. The van der Waals surface area contributed by atoms with Gasteiger partial charge in [0.15, 0.2) is 0 Å². The molecule has 0 N–H and O–H groups in total. The molecule has 49 heavy (non-hydrogen) atoms. The molecule has 2 aromatic heterocycles. The summed E-state index contributed by atoms with van der Waals surface area (Å²) in [5.41, 5.74) is 7.46. The van der Waals surface area contributed by atoms with Crippen LogP contribution >= 0.6 is 0 Å². The average Bonchev–Trinajstić information content (AvgIpc) is 3.66. The van der Waals surface area contributed by atoms with Gasteiger partial charge in [-0.2, -0.15) is 48.5 Å². The van der Waals surface area contributed by atoms with Crippen molar-refractivity contribution in [3.8, 4) is 11.1 Å². The average molecular weight is 722 g/mol. The van der Waals surface area contributed by atoms with Gasteiger partial charge in [0.1, 0.15) is 0 Å². The van der Waals surface area contributed by atoms with Gasteiger partial charge in [-0.25, -0.2) is 11.1 Å². The second kappa shape index (κ2) is 22.6. The first-order chi connectivity index (χ1) is 23.7. The van der Waals surface area contributed by atoms with Crippen LogP contribution in [0.15, 0.2) is 146 Å². The van der Waals surface area contributed by atoms with Gasteiger partial charge in [0, 0.05) is 89.9 Å². The number of para-hydroxylation sites is 4. The van der Waals surface area contributed by atoms with E-state index in [4.69, 9.17) is 0 Å². The summed E-state index contributed by atoms with van der Waals surface area (Å²) in [4.78, 5) is 0. The van der Waals surface area contributed by atoms with Crippen LogP contribution in [0.1, 0.15) is 54.9 Å². The molecule has 2 heterocycles. The maximum absolute atomic E-state index is 3.15. The molecule has 3 heteroatoms. The SMILES string of the molecule is CC.CC.CCC.CCn1c2ccccc2c2ccccc21.Cn1c2ccccc2c2ccccc21.[Y].[c-]1ccccc1-c1[c-]cccc1. The predicted octanol–water partition coefficient (Wildman–Crippen LogP) is 13.6. The van der Waals surface area contributed by atoms with Crippen LogP contribution in [0.3, 0.4) is 0 Å². The molecule has 0 spiro atoms. The van der Waals surface area contributed by atoms with Crippen LogP contribution in [-0.4, -0.2) is 9.13 Å². The Kier molecular flexibility index (Phi) is 19.0. The van der Waals surface area contributed by atoms with E-state index in [9.17, 15) is 0 Å². The number of aromatic nitrogens is 2. The minimum Gasteiger partial charge on any atom is -0.344 e. The number of fused-ring (bicyclic) bond motifs is 6. The first-order valence-electron chi connectivity index (χ1n) is 17.5. The van der Waals surface area contributed by atoms with Crippen LogP contribution in [-0.2, 0) is 46.3 Å². The topological polar surface area (TPSA) is 9.86 Å². The van der Waals surface area contributed by atoms with E-state index in [0.717, 1.165) is 17.7 Å². The van der Waals surface area contributed by atoms with Crippen LogP contribution in [0, 0.1) is 12.1 Å². The molecule has 0 aliphatic carbocycles. The van der Waals surface area contributed by atoms with Crippen LogP contribution in [0.4, 0.5) is 0 Å². The van der Waals surface area contributed by atoms with Gasteiger partial charge >= 0.3 is 0 Å². The van der Waals surface area contributed by atoms with Gasteiger partial charge in [-0.1, -0.05) is 121 Å². The summed E-state index contributed by atoms with van der Waals surface area (Å²) in [5, 5.41) is 5.39. The van der Waals surface area contributed by atoms with Crippen LogP contribution in [0.5, 0.6) is 0 Å². The Bertz CT molecular complexity index is 1910. The van der Waals surface area contributed by atoms with Crippen molar-refractivity contribution in [1.29, 1.82) is 0 Å². The molecule has 0 fully saturated rings. The second-order valence-electron chi connectivity index (χ2n) is 10.6. The minimum absolute atomic E-state index is 0. The number of hydrogen-bond acceptors (Lipinski definition) is 0. The Morgan fingerprint density at radius 2 is 0.714 bits per heavy atom. The Morgan fingerprint density at radius 3 is 1.02 bits per heavy atom. The van der Waals surface area contributed by atoms with Crippen molar-refractivity contribution in [2.45, 2.75) is 61.4 Å². The van der Waals surface area contributed by atoms with Gasteiger partial charge in [0.25, 0.3) is 0 Å². The largest absolute Gasteiger partial charge is 0.344 e. The van der Waals surface area contributed by atoms with Crippen LogP contribution < -0.4 is 0 Å². The summed E-state index contributed by atoms with van der Waals surface area (Å²) in [5.74, 6) is 0. The molecular weight excluding hydrogens is 669 g/mol. The third-order valence-corrected chi connectivity index (χ3v) is 7.53. The van der Waals surface area contributed by atoms with Gasteiger partial charge in [0.2, 0.25) is 0 Å². The van der Waals surface area contributed by atoms with Gasteiger partial charge in [0.05, 0.1) is 0 Å². The fourth-order valence-electron chi connectivity index (χ4n) is 5.58. The number of nitrogens with zero attached hydrogens (tertiary/aromatic N) is 2. The zero-order chi connectivity index (χ0) is 34.7. The number of rotatable bonds is 2. The normalized spacial score (nSPS) is 9.63. The fourth-order valence-corrected chi connectivity index (χ4v) is 5.58. The molecule has 2 nitrogen and oxygen atoms in total. The van der Waals surface area contributed by atoms with E-state index >= 15 is 0 Å². The molecule has 0 amide bonds. The molecule has 8 aromatic rings. The molecule has 8 rings (SSSR count). The zero-order valence-corrected chi connectivity index (χ0v) is 33.6. The summed E-state index contributed by atoms with van der Waals surface area (Å²) >= 11 is 0. The van der Waals surface area contributed by atoms with Gasteiger partial charge in [-0.3, -0.25) is 0 Å². The summed E-state index contributed by atoms with van der Waals surface area (Å²) in [6.45, 7) is 15.5. The van der Waals surface area contributed by atoms with Crippen molar-refractivity contribution >= 4 is 43.6 Å².